The number of hydrogen-bond donors (Lipinski definition) is 2. The van der Waals surface area contributed by atoms with Crippen molar-refractivity contribution >= 4 is 10.0 Å². The van der Waals surface area contributed by atoms with Crippen molar-refractivity contribution in [1.29, 1.82) is 0 Å². The van der Waals surface area contributed by atoms with E-state index in [1.807, 2.05) is 0 Å². The second-order valence-corrected chi connectivity index (χ2v) is 6.22. The molecule has 21 heavy (non-hydrogen) atoms. The van der Waals surface area contributed by atoms with E-state index in [2.05, 4.69) is 9.82 Å². The molecule has 0 bridgehead atoms. The van der Waals surface area contributed by atoms with Crippen molar-refractivity contribution in [1.82, 2.24) is 14.5 Å². The number of aromatic nitrogens is 2. The number of hydrogen-bond acceptors (Lipinski definition) is 4. The largest absolute Gasteiger partial charge is 0.326 e. The molecule has 0 unspecified atom stereocenters. The molecule has 1 aromatic heterocycles. The minimum absolute atomic E-state index is 0.161. The number of aryl methyl sites for hydroxylation is 1. The summed E-state index contributed by atoms with van der Waals surface area (Å²) in [4.78, 5) is -0.362. The fourth-order valence-corrected chi connectivity index (χ4v) is 2.98. The minimum atomic E-state index is -3.85. The van der Waals surface area contributed by atoms with Gasteiger partial charge in [-0.25, -0.2) is 17.5 Å². The first kappa shape index (κ1) is 15.6. The fourth-order valence-electron chi connectivity index (χ4n) is 1.85. The number of benzene rings is 1. The van der Waals surface area contributed by atoms with Crippen molar-refractivity contribution in [3.8, 4) is 0 Å². The van der Waals surface area contributed by atoms with Crippen LogP contribution in [0, 0.1) is 5.82 Å². The quantitative estimate of drug-likeness (QED) is 0.742. The standard InChI is InChI=1S/C13H17FN4O2S/c14-12-9-11(10-15)3-4-13(12)21(19,20)17-6-2-8-18-7-1-5-16-18/h1,3-5,7,9,17H,2,6,8,10,15H2. The van der Waals surface area contributed by atoms with Crippen LogP contribution in [0.3, 0.4) is 0 Å². The Labute approximate surface area is 122 Å². The summed E-state index contributed by atoms with van der Waals surface area (Å²) in [5, 5.41) is 4.01. The number of nitrogens with zero attached hydrogens (tertiary/aromatic N) is 2. The highest BCUT2D eigenvalue weighted by Gasteiger charge is 2.18. The van der Waals surface area contributed by atoms with Crippen LogP contribution in [0.4, 0.5) is 4.39 Å². The lowest BCUT2D eigenvalue weighted by Gasteiger charge is -2.08. The van der Waals surface area contributed by atoms with E-state index in [1.54, 1.807) is 23.1 Å². The summed E-state index contributed by atoms with van der Waals surface area (Å²) in [5.74, 6) is -0.794. The van der Waals surface area contributed by atoms with Crippen LogP contribution in [0.25, 0.3) is 0 Å². The first-order valence-corrected chi connectivity index (χ1v) is 7.97. The van der Waals surface area contributed by atoms with Gasteiger partial charge in [0.15, 0.2) is 0 Å². The van der Waals surface area contributed by atoms with E-state index in [1.165, 1.54) is 12.1 Å². The van der Waals surface area contributed by atoms with Crippen LogP contribution in [0.15, 0.2) is 41.6 Å². The van der Waals surface area contributed by atoms with Gasteiger partial charge in [-0.2, -0.15) is 5.10 Å². The SMILES string of the molecule is NCc1ccc(S(=O)(=O)NCCCn2cccn2)c(F)c1. The van der Waals surface area contributed by atoms with Crippen LogP contribution in [-0.2, 0) is 23.1 Å². The molecule has 1 aromatic carbocycles. The maximum atomic E-state index is 13.8. The zero-order chi connectivity index (χ0) is 15.3. The Balaban J connectivity index is 1.95. The molecule has 0 aliphatic carbocycles. The molecular formula is C13H17FN4O2S. The van der Waals surface area contributed by atoms with Gasteiger partial charge in [0.25, 0.3) is 0 Å². The summed E-state index contributed by atoms with van der Waals surface area (Å²) in [6.07, 6.45) is 4.00. The molecule has 0 aliphatic rings. The van der Waals surface area contributed by atoms with E-state index in [4.69, 9.17) is 5.73 Å². The molecule has 0 saturated carbocycles. The summed E-state index contributed by atoms with van der Waals surface area (Å²) < 4.78 is 41.9. The van der Waals surface area contributed by atoms with E-state index in [0.29, 0.717) is 18.5 Å². The van der Waals surface area contributed by atoms with E-state index >= 15 is 0 Å². The molecule has 114 valence electrons. The molecular weight excluding hydrogens is 295 g/mol. The molecule has 1 heterocycles. The second-order valence-electron chi connectivity index (χ2n) is 4.49. The normalized spacial score (nSPS) is 11.7. The zero-order valence-electron chi connectivity index (χ0n) is 11.4. The summed E-state index contributed by atoms with van der Waals surface area (Å²) in [6, 6.07) is 5.66. The number of nitrogens with two attached hydrogens (primary N) is 1. The molecule has 0 spiro atoms. The lowest BCUT2D eigenvalue weighted by Crippen LogP contribution is -2.26. The molecule has 0 radical (unpaired) electrons. The maximum Gasteiger partial charge on any atom is 0.243 e. The molecule has 3 N–H and O–H groups in total. The van der Waals surface area contributed by atoms with E-state index < -0.39 is 15.8 Å². The third-order valence-electron chi connectivity index (χ3n) is 2.94. The highest BCUT2D eigenvalue weighted by molar-refractivity contribution is 7.89. The zero-order valence-corrected chi connectivity index (χ0v) is 12.2. The van der Waals surface area contributed by atoms with E-state index in [9.17, 15) is 12.8 Å². The van der Waals surface area contributed by atoms with Crippen molar-refractivity contribution in [2.45, 2.75) is 24.4 Å². The van der Waals surface area contributed by atoms with Gasteiger partial charge in [0, 0.05) is 32.0 Å². The third-order valence-corrected chi connectivity index (χ3v) is 4.43. The molecule has 0 saturated heterocycles. The lowest BCUT2D eigenvalue weighted by molar-refractivity contribution is 0.541. The Morgan fingerprint density at radius 2 is 2.19 bits per heavy atom. The molecule has 2 rings (SSSR count). The van der Waals surface area contributed by atoms with Gasteiger partial charge in [-0.1, -0.05) is 6.07 Å². The molecule has 0 aliphatic heterocycles. The van der Waals surface area contributed by atoms with Crippen LogP contribution < -0.4 is 10.5 Å². The van der Waals surface area contributed by atoms with E-state index in [0.717, 1.165) is 6.07 Å². The average Bonchev–Trinajstić information content (AvgIpc) is 2.96. The molecule has 0 fully saturated rings. The third kappa shape index (κ3) is 4.10. The van der Waals surface area contributed by atoms with Gasteiger partial charge in [-0.15, -0.1) is 0 Å². The van der Waals surface area contributed by atoms with Gasteiger partial charge >= 0.3 is 0 Å². The van der Waals surface area contributed by atoms with Crippen LogP contribution in [-0.4, -0.2) is 24.7 Å². The van der Waals surface area contributed by atoms with Crippen LogP contribution in [0.1, 0.15) is 12.0 Å². The molecule has 0 atom stereocenters. The second kappa shape index (κ2) is 6.79. The Morgan fingerprint density at radius 3 is 2.81 bits per heavy atom. The van der Waals surface area contributed by atoms with E-state index in [-0.39, 0.29) is 18.0 Å². The summed E-state index contributed by atoms with van der Waals surface area (Å²) in [6.45, 7) is 0.957. The molecule has 8 heteroatoms. The van der Waals surface area contributed by atoms with Crippen molar-refractivity contribution in [3.05, 3.63) is 48.0 Å². The Kier molecular flexibility index (Phi) is 5.05. The van der Waals surface area contributed by atoms with Crippen molar-refractivity contribution in [2.24, 2.45) is 5.73 Å². The first-order valence-electron chi connectivity index (χ1n) is 6.48. The van der Waals surface area contributed by atoms with Crippen molar-refractivity contribution in [2.75, 3.05) is 6.54 Å². The van der Waals surface area contributed by atoms with Crippen molar-refractivity contribution < 1.29 is 12.8 Å². The molecule has 6 nitrogen and oxygen atoms in total. The summed E-state index contributed by atoms with van der Waals surface area (Å²) in [7, 11) is -3.85. The van der Waals surface area contributed by atoms with Crippen LogP contribution >= 0.6 is 0 Å². The predicted octanol–water partition coefficient (Wildman–Crippen LogP) is 0.849. The topological polar surface area (TPSA) is 90.0 Å². The minimum Gasteiger partial charge on any atom is -0.326 e. The fraction of sp³-hybridized carbons (Fsp3) is 0.308. The highest BCUT2D eigenvalue weighted by atomic mass is 32.2. The van der Waals surface area contributed by atoms with Gasteiger partial charge in [0.2, 0.25) is 10.0 Å². The first-order chi connectivity index (χ1) is 10.0. The highest BCUT2D eigenvalue weighted by Crippen LogP contribution is 2.15. The number of sulfonamides is 1. The van der Waals surface area contributed by atoms with Crippen LogP contribution in [0.5, 0.6) is 0 Å². The average molecular weight is 312 g/mol. The van der Waals surface area contributed by atoms with Gasteiger partial charge in [0.1, 0.15) is 10.7 Å². The number of halogens is 1. The molecule has 0 amide bonds. The number of nitrogens with one attached hydrogen (secondary N) is 1. The van der Waals surface area contributed by atoms with Gasteiger partial charge in [-0.05, 0) is 30.2 Å². The van der Waals surface area contributed by atoms with Gasteiger partial charge < -0.3 is 5.73 Å². The smallest absolute Gasteiger partial charge is 0.243 e. The van der Waals surface area contributed by atoms with Gasteiger partial charge in [-0.3, -0.25) is 4.68 Å². The lowest BCUT2D eigenvalue weighted by atomic mass is 10.2. The van der Waals surface area contributed by atoms with Crippen molar-refractivity contribution in [3.63, 3.8) is 0 Å². The maximum absolute atomic E-state index is 13.8. The Morgan fingerprint density at radius 1 is 1.38 bits per heavy atom. The van der Waals surface area contributed by atoms with Crippen LogP contribution in [0.2, 0.25) is 0 Å². The summed E-state index contributed by atoms with van der Waals surface area (Å²) in [5.41, 5.74) is 5.93. The predicted molar refractivity (Wildman–Crippen MR) is 76.3 cm³/mol. The Hall–Kier alpha value is -1.77. The number of rotatable bonds is 7. The molecule has 2 aromatic rings. The monoisotopic (exact) mass is 312 g/mol. The van der Waals surface area contributed by atoms with Gasteiger partial charge in [0.05, 0.1) is 0 Å². The summed E-state index contributed by atoms with van der Waals surface area (Å²) >= 11 is 0. The Bertz CT molecular complexity index is 686.